The fourth-order valence-corrected chi connectivity index (χ4v) is 4.74. The van der Waals surface area contributed by atoms with Crippen molar-refractivity contribution in [1.29, 1.82) is 0 Å². The number of rotatable bonds is 11. The van der Waals surface area contributed by atoms with Crippen molar-refractivity contribution < 1.29 is 23.7 Å². The molecule has 1 aromatic heterocycles. The number of morpholine rings is 1. The molecule has 5 rings (SSSR count). The normalized spacial score (nSPS) is 12.7. The maximum atomic E-state index is 12.5. The van der Waals surface area contributed by atoms with Crippen LogP contribution in [0.1, 0.15) is 5.56 Å². The first-order valence-corrected chi connectivity index (χ1v) is 14.3. The number of ether oxygens (including phenoxy) is 4. The zero-order valence-corrected chi connectivity index (χ0v) is 25.4. The Hall–Kier alpha value is -4.94. The summed E-state index contributed by atoms with van der Waals surface area (Å²) >= 11 is 6.44. The summed E-state index contributed by atoms with van der Waals surface area (Å²) in [5.74, 6) is 2.64. The van der Waals surface area contributed by atoms with Gasteiger partial charge in [0.25, 0.3) is 0 Å². The Bertz CT molecular complexity index is 1600. The summed E-state index contributed by atoms with van der Waals surface area (Å²) in [6.45, 7) is 3.30. The van der Waals surface area contributed by atoms with Gasteiger partial charge >= 0.3 is 6.03 Å². The van der Waals surface area contributed by atoms with Gasteiger partial charge < -0.3 is 45.1 Å². The third-order valence-electron chi connectivity index (χ3n) is 6.83. The molecule has 1 aliphatic heterocycles. The minimum atomic E-state index is -0.359. The van der Waals surface area contributed by atoms with E-state index in [9.17, 15) is 4.79 Å². The highest BCUT2D eigenvalue weighted by Gasteiger charge is 2.17. The molecule has 44 heavy (non-hydrogen) atoms. The quantitative estimate of drug-likeness (QED) is 0.163. The number of carbonyl (C=O) groups is 1. The van der Waals surface area contributed by atoms with E-state index in [1.807, 2.05) is 42.5 Å². The maximum Gasteiger partial charge on any atom is 0.319 e. The van der Waals surface area contributed by atoms with Crippen LogP contribution in [0.4, 0.5) is 39.3 Å². The van der Waals surface area contributed by atoms with Crippen molar-refractivity contribution >= 4 is 52.1 Å². The van der Waals surface area contributed by atoms with Gasteiger partial charge in [-0.3, -0.25) is 0 Å². The molecule has 0 spiro atoms. The van der Waals surface area contributed by atoms with Gasteiger partial charge in [-0.2, -0.15) is 4.98 Å². The molecule has 0 bridgehead atoms. The molecule has 0 unspecified atom stereocenters. The molecule has 13 heteroatoms. The third kappa shape index (κ3) is 7.71. The van der Waals surface area contributed by atoms with Crippen LogP contribution in [-0.4, -0.2) is 63.6 Å². The Kier molecular flexibility index (Phi) is 10.1. The molecule has 0 aliphatic carbocycles. The van der Waals surface area contributed by atoms with Gasteiger partial charge in [0.1, 0.15) is 22.3 Å². The molecule has 4 aromatic rings. The van der Waals surface area contributed by atoms with Gasteiger partial charge in [-0.15, -0.1) is 0 Å². The van der Waals surface area contributed by atoms with Gasteiger partial charge in [0.15, 0.2) is 5.82 Å². The van der Waals surface area contributed by atoms with Gasteiger partial charge in [-0.25, -0.2) is 9.78 Å². The van der Waals surface area contributed by atoms with Gasteiger partial charge in [0.2, 0.25) is 5.95 Å². The number of halogens is 1. The fourth-order valence-electron chi connectivity index (χ4n) is 4.61. The first-order valence-electron chi connectivity index (χ1n) is 13.9. The second-order valence-corrected chi connectivity index (χ2v) is 10.1. The first kappa shape index (κ1) is 30.5. The smallest absolute Gasteiger partial charge is 0.319 e. The Morgan fingerprint density at radius 3 is 2.48 bits per heavy atom. The lowest BCUT2D eigenvalue weighted by Crippen LogP contribution is -2.36. The lowest BCUT2D eigenvalue weighted by atomic mass is 10.2. The average Bonchev–Trinajstić information content (AvgIpc) is 3.06. The number of nitrogens with one attached hydrogen (secondary N) is 4. The van der Waals surface area contributed by atoms with E-state index >= 15 is 0 Å². The van der Waals surface area contributed by atoms with Crippen LogP contribution in [0, 0.1) is 0 Å². The van der Waals surface area contributed by atoms with Crippen molar-refractivity contribution in [2.75, 3.05) is 68.5 Å². The maximum absolute atomic E-state index is 12.5. The zero-order valence-electron chi connectivity index (χ0n) is 24.6. The number of hydrogen-bond donors (Lipinski definition) is 4. The molecule has 2 heterocycles. The number of urea groups is 1. The molecule has 0 radical (unpaired) electrons. The van der Waals surface area contributed by atoms with Crippen molar-refractivity contribution in [3.05, 3.63) is 77.4 Å². The van der Waals surface area contributed by atoms with Gasteiger partial charge in [0, 0.05) is 43.1 Å². The highest BCUT2D eigenvalue weighted by Crippen LogP contribution is 2.35. The molecule has 1 aliphatic rings. The fraction of sp³-hybridized carbons (Fsp3) is 0.258. The lowest BCUT2D eigenvalue weighted by molar-refractivity contribution is 0.122. The SMILES string of the molecule is COc1cccc(CNC(=O)Nc2ccc(Nc3ncc(Cl)c(Nc4ccc(N5CCOCC5)c(OC)c4)n3)c(OC)c2)c1. The Balaban J connectivity index is 1.24. The summed E-state index contributed by atoms with van der Waals surface area (Å²) in [5.41, 5.74) is 3.81. The van der Waals surface area contributed by atoms with E-state index in [1.165, 1.54) is 13.3 Å². The van der Waals surface area contributed by atoms with Gasteiger partial charge in [-0.1, -0.05) is 23.7 Å². The minimum Gasteiger partial charge on any atom is -0.497 e. The molecular formula is C31H34ClN7O5. The average molecular weight is 620 g/mol. The molecule has 230 valence electrons. The van der Waals surface area contributed by atoms with Crippen molar-refractivity contribution in [2.24, 2.45) is 0 Å². The molecule has 3 aromatic carbocycles. The number of nitrogens with zero attached hydrogens (tertiary/aromatic N) is 3. The Morgan fingerprint density at radius 1 is 0.932 bits per heavy atom. The van der Waals surface area contributed by atoms with Gasteiger partial charge in [0.05, 0.1) is 52.1 Å². The van der Waals surface area contributed by atoms with Gasteiger partial charge in [-0.05, 0) is 42.0 Å². The van der Waals surface area contributed by atoms with E-state index in [-0.39, 0.29) is 6.03 Å². The van der Waals surface area contributed by atoms with Crippen molar-refractivity contribution in [1.82, 2.24) is 15.3 Å². The molecule has 2 amide bonds. The summed E-state index contributed by atoms with van der Waals surface area (Å²) in [6.07, 6.45) is 1.51. The van der Waals surface area contributed by atoms with Crippen LogP contribution >= 0.6 is 11.6 Å². The molecule has 0 atom stereocenters. The van der Waals surface area contributed by atoms with Crippen molar-refractivity contribution in [2.45, 2.75) is 6.54 Å². The molecule has 12 nitrogen and oxygen atoms in total. The summed E-state index contributed by atoms with van der Waals surface area (Å²) in [4.78, 5) is 23.6. The number of aromatic nitrogens is 2. The van der Waals surface area contributed by atoms with Crippen LogP contribution in [0.3, 0.4) is 0 Å². The van der Waals surface area contributed by atoms with E-state index in [2.05, 4.69) is 36.1 Å². The predicted molar refractivity (Wildman–Crippen MR) is 171 cm³/mol. The Morgan fingerprint density at radius 2 is 1.70 bits per heavy atom. The molecule has 1 saturated heterocycles. The second kappa shape index (κ2) is 14.5. The zero-order chi connectivity index (χ0) is 30.9. The highest BCUT2D eigenvalue weighted by molar-refractivity contribution is 6.32. The standard InChI is InChI=1S/C31H34ClN7O5/c1-41-23-6-4-5-20(15-23)18-34-31(40)36-22-7-9-25(27(16-22)42-2)37-30-33-19-24(32)29(38-30)35-21-8-10-26(28(17-21)43-3)39-11-13-44-14-12-39/h4-10,15-17,19H,11-14,18H2,1-3H3,(H2,34,36,40)(H2,33,35,37,38). The first-order chi connectivity index (χ1) is 21.4. The summed E-state index contributed by atoms with van der Waals surface area (Å²) in [5, 5.41) is 12.4. The van der Waals surface area contributed by atoms with Crippen molar-refractivity contribution in [3.63, 3.8) is 0 Å². The lowest BCUT2D eigenvalue weighted by Gasteiger charge is -2.30. The second-order valence-electron chi connectivity index (χ2n) is 9.70. The van der Waals surface area contributed by atoms with E-state index < -0.39 is 0 Å². The number of hydrogen-bond acceptors (Lipinski definition) is 10. The topological polar surface area (TPSA) is 131 Å². The number of benzene rings is 3. The summed E-state index contributed by atoms with van der Waals surface area (Å²) < 4.78 is 21.9. The largest absolute Gasteiger partial charge is 0.497 e. The summed E-state index contributed by atoms with van der Waals surface area (Å²) in [6, 6.07) is 18.2. The van der Waals surface area contributed by atoms with E-state index in [4.69, 9.17) is 30.5 Å². The number of amides is 2. The minimum absolute atomic E-state index is 0.295. The highest BCUT2D eigenvalue weighted by atomic mass is 35.5. The molecule has 0 saturated carbocycles. The number of anilines is 6. The van der Waals surface area contributed by atoms with Crippen LogP contribution in [0.2, 0.25) is 5.02 Å². The van der Waals surface area contributed by atoms with E-state index in [0.29, 0.717) is 53.7 Å². The monoisotopic (exact) mass is 619 g/mol. The van der Waals surface area contributed by atoms with E-state index in [1.54, 1.807) is 32.4 Å². The third-order valence-corrected chi connectivity index (χ3v) is 7.11. The van der Waals surface area contributed by atoms with Crippen LogP contribution < -0.4 is 40.4 Å². The van der Waals surface area contributed by atoms with Crippen LogP contribution in [0.5, 0.6) is 17.2 Å². The van der Waals surface area contributed by atoms with Crippen LogP contribution in [-0.2, 0) is 11.3 Å². The van der Waals surface area contributed by atoms with E-state index in [0.717, 1.165) is 41.5 Å². The summed E-state index contributed by atoms with van der Waals surface area (Å²) in [7, 11) is 4.78. The molecular weight excluding hydrogens is 586 g/mol. The Labute approximate surface area is 260 Å². The van der Waals surface area contributed by atoms with Crippen LogP contribution in [0.15, 0.2) is 66.9 Å². The molecule has 4 N–H and O–H groups in total. The number of carbonyl (C=O) groups excluding carboxylic acids is 1. The molecule has 1 fully saturated rings. The number of methoxy groups -OCH3 is 3. The predicted octanol–water partition coefficient (Wildman–Crippen LogP) is 5.80. The van der Waals surface area contributed by atoms with Crippen LogP contribution in [0.25, 0.3) is 0 Å². The van der Waals surface area contributed by atoms with Crippen molar-refractivity contribution in [3.8, 4) is 17.2 Å².